The van der Waals surface area contributed by atoms with Crippen molar-refractivity contribution in [2.24, 2.45) is 4.99 Å². The van der Waals surface area contributed by atoms with Crippen molar-refractivity contribution in [1.29, 1.82) is 0 Å². The summed E-state index contributed by atoms with van der Waals surface area (Å²) in [5.41, 5.74) is 0. The zero-order valence-electron chi connectivity index (χ0n) is 17.7. The van der Waals surface area contributed by atoms with Gasteiger partial charge in [0.2, 0.25) is 10.0 Å². The molecule has 1 aliphatic rings. The van der Waals surface area contributed by atoms with Crippen LogP contribution in [0.4, 0.5) is 0 Å². The van der Waals surface area contributed by atoms with Gasteiger partial charge in [-0.15, -0.1) is 24.0 Å². The molecule has 0 atom stereocenters. The van der Waals surface area contributed by atoms with Gasteiger partial charge in [-0.25, -0.2) is 13.1 Å². The first-order valence-electron chi connectivity index (χ1n) is 10.4. The van der Waals surface area contributed by atoms with E-state index < -0.39 is 10.0 Å². The van der Waals surface area contributed by atoms with Crippen molar-refractivity contribution in [3.63, 3.8) is 0 Å². The van der Waals surface area contributed by atoms with Crippen LogP contribution in [0.1, 0.15) is 19.8 Å². The molecule has 1 heterocycles. The van der Waals surface area contributed by atoms with Gasteiger partial charge >= 0.3 is 0 Å². The number of halogens is 1. The van der Waals surface area contributed by atoms with Gasteiger partial charge in [0.05, 0.1) is 11.4 Å². The van der Waals surface area contributed by atoms with E-state index in [9.17, 15) is 8.42 Å². The third kappa shape index (κ3) is 7.97. The van der Waals surface area contributed by atoms with Crippen LogP contribution >= 0.6 is 24.0 Å². The van der Waals surface area contributed by atoms with Crippen molar-refractivity contribution in [1.82, 2.24) is 14.9 Å². The zero-order valence-corrected chi connectivity index (χ0v) is 20.9. The van der Waals surface area contributed by atoms with E-state index in [0.29, 0.717) is 6.54 Å². The number of rotatable bonds is 8. The molecule has 31 heavy (non-hydrogen) atoms. The van der Waals surface area contributed by atoms with Crippen LogP contribution in [0.3, 0.4) is 0 Å². The minimum atomic E-state index is -3.50. The standard InChI is InChI=1S/C22H30N4O3S.HI/c1-2-23-22(24-15-16-25-30(27,28)21-11-7-4-8-12-21)26-17-13-20(14-18-26)29-19-9-5-3-6-10-19;/h3-12,20,25H,2,13-18H2,1H3,(H,23,24);1H. The molecule has 0 bridgehead atoms. The van der Waals surface area contributed by atoms with Crippen molar-refractivity contribution >= 4 is 40.0 Å². The van der Waals surface area contributed by atoms with Gasteiger partial charge in [-0.2, -0.15) is 0 Å². The molecule has 7 nitrogen and oxygen atoms in total. The van der Waals surface area contributed by atoms with Crippen LogP contribution in [0.25, 0.3) is 0 Å². The van der Waals surface area contributed by atoms with E-state index in [0.717, 1.165) is 44.2 Å². The third-order valence-electron chi connectivity index (χ3n) is 4.84. The molecule has 3 rings (SSSR count). The summed E-state index contributed by atoms with van der Waals surface area (Å²) >= 11 is 0. The lowest BCUT2D eigenvalue weighted by Crippen LogP contribution is -2.47. The van der Waals surface area contributed by atoms with Gasteiger partial charge in [0.15, 0.2) is 5.96 Å². The highest BCUT2D eigenvalue weighted by Crippen LogP contribution is 2.18. The predicted molar refractivity (Wildman–Crippen MR) is 135 cm³/mol. The molecule has 0 spiro atoms. The van der Waals surface area contributed by atoms with Crippen LogP contribution in [-0.2, 0) is 10.0 Å². The van der Waals surface area contributed by atoms with Crippen LogP contribution < -0.4 is 14.8 Å². The van der Waals surface area contributed by atoms with Gasteiger partial charge in [0.25, 0.3) is 0 Å². The second-order valence-electron chi connectivity index (χ2n) is 7.06. The molecule has 1 aliphatic heterocycles. The lowest BCUT2D eigenvalue weighted by atomic mass is 10.1. The fraction of sp³-hybridized carbons (Fsp3) is 0.409. The van der Waals surface area contributed by atoms with Gasteiger partial charge in [-0.3, -0.25) is 4.99 Å². The number of nitrogens with zero attached hydrogens (tertiary/aromatic N) is 2. The Labute approximate surface area is 202 Å². The molecular formula is C22H31IN4O3S. The van der Waals surface area contributed by atoms with E-state index in [-0.39, 0.29) is 41.5 Å². The first-order valence-corrected chi connectivity index (χ1v) is 11.9. The Hall–Kier alpha value is -1.85. The van der Waals surface area contributed by atoms with Crippen LogP contribution in [0.2, 0.25) is 0 Å². The summed E-state index contributed by atoms with van der Waals surface area (Å²) < 4.78 is 33.2. The first-order chi connectivity index (χ1) is 14.6. The molecular weight excluding hydrogens is 527 g/mol. The van der Waals surface area contributed by atoms with Crippen molar-refractivity contribution in [2.75, 3.05) is 32.7 Å². The summed E-state index contributed by atoms with van der Waals surface area (Å²) in [6.07, 6.45) is 2.03. The molecule has 9 heteroatoms. The Kier molecular flexibility index (Phi) is 10.6. The second-order valence-corrected chi connectivity index (χ2v) is 8.83. The molecule has 1 saturated heterocycles. The number of hydrogen-bond acceptors (Lipinski definition) is 4. The van der Waals surface area contributed by atoms with Gasteiger partial charge in [0, 0.05) is 39.0 Å². The zero-order chi connectivity index (χ0) is 21.2. The number of hydrogen-bond donors (Lipinski definition) is 2. The van der Waals surface area contributed by atoms with Gasteiger partial charge < -0.3 is 15.0 Å². The number of para-hydroxylation sites is 1. The highest BCUT2D eigenvalue weighted by Gasteiger charge is 2.22. The van der Waals surface area contributed by atoms with E-state index in [4.69, 9.17) is 4.74 Å². The van der Waals surface area contributed by atoms with Gasteiger partial charge in [0.1, 0.15) is 11.9 Å². The number of aliphatic imine (C=N–C) groups is 1. The summed E-state index contributed by atoms with van der Waals surface area (Å²) in [5, 5.41) is 3.30. The van der Waals surface area contributed by atoms with Gasteiger partial charge in [-0.1, -0.05) is 36.4 Å². The van der Waals surface area contributed by atoms with Crippen molar-refractivity contribution in [3.8, 4) is 5.75 Å². The number of nitrogens with one attached hydrogen (secondary N) is 2. The molecule has 0 aromatic heterocycles. The number of piperidine rings is 1. The van der Waals surface area contributed by atoms with Crippen molar-refractivity contribution in [3.05, 3.63) is 60.7 Å². The second kappa shape index (κ2) is 12.9. The maximum absolute atomic E-state index is 12.3. The maximum atomic E-state index is 12.3. The highest BCUT2D eigenvalue weighted by atomic mass is 127. The number of sulfonamides is 1. The Morgan fingerprint density at radius 1 is 1.06 bits per heavy atom. The Balaban J connectivity index is 0.00000341. The number of guanidine groups is 1. The average Bonchev–Trinajstić information content (AvgIpc) is 2.78. The normalized spacial score (nSPS) is 15.3. The van der Waals surface area contributed by atoms with E-state index in [1.165, 1.54) is 0 Å². The number of benzene rings is 2. The minimum Gasteiger partial charge on any atom is -0.490 e. The predicted octanol–water partition coefficient (Wildman–Crippen LogP) is 3.09. The fourth-order valence-electron chi connectivity index (χ4n) is 3.33. The minimum absolute atomic E-state index is 0. The van der Waals surface area contributed by atoms with E-state index in [2.05, 4.69) is 19.9 Å². The van der Waals surface area contributed by atoms with Crippen molar-refractivity contribution < 1.29 is 13.2 Å². The third-order valence-corrected chi connectivity index (χ3v) is 6.32. The molecule has 0 unspecified atom stereocenters. The van der Waals surface area contributed by atoms with Crippen LogP contribution in [0.15, 0.2) is 70.6 Å². The molecule has 0 amide bonds. The Morgan fingerprint density at radius 2 is 1.68 bits per heavy atom. The quantitative estimate of drug-likeness (QED) is 0.225. The molecule has 1 fully saturated rings. The maximum Gasteiger partial charge on any atom is 0.240 e. The smallest absolute Gasteiger partial charge is 0.240 e. The lowest BCUT2D eigenvalue weighted by Gasteiger charge is -2.34. The van der Waals surface area contributed by atoms with Crippen LogP contribution in [0, 0.1) is 0 Å². The summed E-state index contributed by atoms with van der Waals surface area (Å²) in [6, 6.07) is 18.3. The number of ether oxygens (including phenoxy) is 1. The topological polar surface area (TPSA) is 83.0 Å². The van der Waals surface area contributed by atoms with Crippen LogP contribution in [-0.4, -0.2) is 58.1 Å². The Morgan fingerprint density at radius 3 is 2.29 bits per heavy atom. The largest absolute Gasteiger partial charge is 0.490 e. The monoisotopic (exact) mass is 558 g/mol. The lowest BCUT2D eigenvalue weighted by molar-refractivity contribution is 0.129. The molecule has 170 valence electrons. The Bertz CT molecular complexity index is 903. The average molecular weight is 558 g/mol. The van der Waals surface area contributed by atoms with Crippen LogP contribution in [0.5, 0.6) is 5.75 Å². The summed E-state index contributed by atoms with van der Waals surface area (Å²) in [5.74, 6) is 1.72. The molecule has 0 radical (unpaired) electrons. The molecule has 2 aromatic rings. The number of likely N-dealkylation sites (tertiary alicyclic amines) is 1. The molecule has 0 saturated carbocycles. The van der Waals surface area contributed by atoms with E-state index in [1.807, 2.05) is 37.3 Å². The van der Waals surface area contributed by atoms with Crippen molar-refractivity contribution in [2.45, 2.75) is 30.8 Å². The fourth-order valence-corrected chi connectivity index (χ4v) is 4.37. The first kappa shape index (κ1) is 25.4. The molecule has 0 aliphatic carbocycles. The van der Waals surface area contributed by atoms with E-state index >= 15 is 0 Å². The van der Waals surface area contributed by atoms with Gasteiger partial charge in [-0.05, 0) is 31.2 Å². The summed E-state index contributed by atoms with van der Waals surface area (Å²) in [6.45, 7) is 5.10. The summed E-state index contributed by atoms with van der Waals surface area (Å²) in [7, 11) is -3.50. The highest BCUT2D eigenvalue weighted by molar-refractivity contribution is 14.0. The summed E-state index contributed by atoms with van der Waals surface area (Å²) in [4.78, 5) is 7.08. The molecule has 2 N–H and O–H groups in total. The van der Waals surface area contributed by atoms with E-state index in [1.54, 1.807) is 30.3 Å². The molecule has 2 aromatic carbocycles. The SMILES string of the molecule is CCNC(=NCCNS(=O)(=O)c1ccccc1)N1CCC(Oc2ccccc2)CC1.I.